The fourth-order valence-corrected chi connectivity index (χ4v) is 6.24. The van der Waals surface area contributed by atoms with Crippen molar-refractivity contribution in [2.75, 3.05) is 16.6 Å². The molecule has 5 heteroatoms. The van der Waals surface area contributed by atoms with Crippen LogP contribution in [0.2, 0.25) is 0 Å². The Balaban J connectivity index is 1.50. The minimum atomic E-state index is -1.12. The molecule has 2 aliphatic heterocycles. The molecule has 0 radical (unpaired) electrons. The van der Waals surface area contributed by atoms with Gasteiger partial charge in [-0.3, -0.25) is 10.0 Å². The Labute approximate surface area is 246 Å². The fourth-order valence-electron chi connectivity index (χ4n) is 6.24. The normalized spacial score (nSPS) is 16.2. The molecule has 42 heavy (non-hydrogen) atoms. The van der Waals surface area contributed by atoms with Crippen LogP contribution in [0.4, 0.5) is 17.1 Å². The molecule has 7 rings (SSSR count). The van der Waals surface area contributed by atoms with E-state index in [4.69, 9.17) is 9.47 Å². The summed E-state index contributed by atoms with van der Waals surface area (Å²) in [6.07, 6.45) is 0. The second kappa shape index (κ2) is 9.81. The first kappa shape index (κ1) is 25.9. The maximum atomic E-state index is 13.4. The van der Waals surface area contributed by atoms with Gasteiger partial charge in [0.15, 0.2) is 5.60 Å². The number of anilines is 3. The number of carbonyl (C=O) groups excluding carboxylic acids is 1. The summed E-state index contributed by atoms with van der Waals surface area (Å²) in [5.41, 5.74) is 8.42. The molecule has 0 N–H and O–H groups in total. The maximum Gasteiger partial charge on any atom is 0.340 e. The summed E-state index contributed by atoms with van der Waals surface area (Å²) in [5.74, 6) is 1.04. The fraction of sp³-hybridized carbons (Fsp3) is 0.162. The summed E-state index contributed by atoms with van der Waals surface area (Å²) < 4.78 is 13.0. The van der Waals surface area contributed by atoms with E-state index in [-0.39, 0.29) is 5.97 Å². The number of hydrazine groups is 1. The van der Waals surface area contributed by atoms with Crippen molar-refractivity contribution >= 4 is 23.0 Å². The van der Waals surface area contributed by atoms with Gasteiger partial charge >= 0.3 is 5.97 Å². The molecular formula is C37H32N2O3. The highest BCUT2D eigenvalue weighted by Crippen LogP contribution is 2.57. The average molecular weight is 553 g/mol. The molecule has 5 aromatic rings. The lowest BCUT2D eigenvalue weighted by molar-refractivity contribution is 0.0224. The van der Waals surface area contributed by atoms with Crippen LogP contribution >= 0.6 is 0 Å². The highest BCUT2D eigenvalue weighted by Gasteiger charge is 2.53. The third-order valence-electron chi connectivity index (χ3n) is 8.32. The van der Waals surface area contributed by atoms with Gasteiger partial charge < -0.3 is 9.47 Å². The van der Waals surface area contributed by atoms with Gasteiger partial charge in [-0.15, -0.1) is 0 Å². The summed E-state index contributed by atoms with van der Waals surface area (Å²) >= 11 is 0. The Kier molecular flexibility index (Phi) is 6.05. The van der Waals surface area contributed by atoms with E-state index in [1.165, 1.54) is 11.1 Å². The first-order valence-corrected chi connectivity index (χ1v) is 14.4. The van der Waals surface area contributed by atoms with Gasteiger partial charge in [0.2, 0.25) is 0 Å². The Morgan fingerprint density at radius 1 is 0.667 bits per heavy atom. The molecule has 1 unspecified atom stereocenters. The zero-order valence-corrected chi connectivity index (χ0v) is 24.2. The third-order valence-corrected chi connectivity index (χ3v) is 8.32. The number of benzene rings is 5. The SMILES string of the molecule is CCN(c1ccc(C)cc1)N(c1ccc(C)cc1)c1cc2c(cc1C)Oc1ccccc1C21OC(=O)c2ccccc21. The van der Waals surface area contributed by atoms with Gasteiger partial charge in [0.05, 0.1) is 22.6 Å². The van der Waals surface area contributed by atoms with Crippen molar-refractivity contribution in [3.63, 3.8) is 0 Å². The van der Waals surface area contributed by atoms with Crippen LogP contribution in [0.3, 0.4) is 0 Å². The molecule has 2 aliphatic rings. The molecule has 208 valence electrons. The summed E-state index contributed by atoms with van der Waals surface area (Å²) in [5, 5.41) is 4.54. The Bertz CT molecular complexity index is 1830. The molecule has 0 aliphatic carbocycles. The zero-order valence-electron chi connectivity index (χ0n) is 24.2. The predicted octanol–water partition coefficient (Wildman–Crippen LogP) is 8.76. The summed E-state index contributed by atoms with van der Waals surface area (Å²) in [6.45, 7) is 9.19. The average Bonchev–Trinajstić information content (AvgIpc) is 3.30. The van der Waals surface area contributed by atoms with E-state index in [2.05, 4.69) is 98.4 Å². The Morgan fingerprint density at radius 2 is 1.29 bits per heavy atom. The maximum absolute atomic E-state index is 13.4. The van der Waals surface area contributed by atoms with E-state index in [9.17, 15) is 4.79 Å². The molecule has 0 saturated carbocycles. The molecule has 0 saturated heterocycles. The number of hydrogen-bond donors (Lipinski definition) is 0. The lowest BCUT2D eigenvalue weighted by atomic mass is 9.77. The lowest BCUT2D eigenvalue weighted by Crippen LogP contribution is -2.40. The van der Waals surface area contributed by atoms with E-state index in [0.717, 1.165) is 45.9 Å². The number of ether oxygens (including phenoxy) is 2. The smallest absolute Gasteiger partial charge is 0.340 e. The van der Waals surface area contributed by atoms with Gasteiger partial charge in [-0.2, -0.15) is 0 Å². The highest BCUT2D eigenvalue weighted by atomic mass is 16.6. The first-order chi connectivity index (χ1) is 20.4. The number of rotatable bonds is 5. The quantitative estimate of drug-likeness (QED) is 0.161. The third kappa shape index (κ3) is 3.88. The van der Waals surface area contributed by atoms with Gasteiger partial charge in [-0.25, -0.2) is 4.79 Å². The number of nitrogens with zero attached hydrogens (tertiary/aromatic N) is 2. The van der Waals surface area contributed by atoms with Gasteiger partial charge in [0.25, 0.3) is 0 Å². The van der Waals surface area contributed by atoms with Crippen molar-refractivity contribution in [1.82, 2.24) is 0 Å². The van der Waals surface area contributed by atoms with Crippen molar-refractivity contribution in [1.29, 1.82) is 0 Å². The minimum absolute atomic E-state index is 0.333. The predicted molar refractivity (Wildman–Crippen MR) is 167 cm³/mol. The number of esters is 1. The molecule has 5 aromatic carbocycles. The van der Waals surface area contributed by atoms with Crippen LogP contribution in [-0.4, -0.2) is 12.5 Å². The summed E-state index contributed by atoms with van der Waals surface area (Å²) in [4.78, 5) is 13.4. The Hall–Kier alpha value is -5.03. The second-order valence-corrected chi connectivity index (χ2v) is 11.0. The van der Waals surface area contributed by atoms with Crippen molar-refractivity contribution in [2.45, 2.75) is 33.3 Å². The van der Waals surface area contributed by atoms with E-state index in [1.54, 1.807) is 0 Å². The summed E-state index contributed by atoms with van der Waals surface area (Å²) in [6, 6.07) is 36.9. The van der Waals surface area contributed by atoms with E-state index in [1.807, 2.05) is 48.5 Å². The van der Waals surface area contributed by atoms with Crippen LogP contribution in [0.1, 0.15) is 50.7 Å². The number of fused-ring (bicyclic) bond motifs is 6. The van der Waals surface area contributed by atoms with Gasteiger partial charge in [-0.05, 0) is 81.8 Å². The number of carbonyl (C=O) groups is 1. The minimum Gasteiger partial charge on any atom is -0.456 e. The zero-order chi connectivity index (χ0) is 29.0. The van der Waals surface area contributed by atoms with Crippen molar-refractivity contribution in [2.24, 2.45) is 0 Å². The van der Waals surface area contributed by atoms with Crippen LogP contribution in [0.25, 0.3) is 0 Å². The van der Waals surface area contributed by atoms with Crippen LogP contribution < -0.4 is 14.8 Å². The second-order valence-electron chi connectivity index (χ2n) is 11.0. The molecule has 5 nitrogen and oxygen atoms in total. The molecule has 0 aromatic heterocycles. The molecule has 1 atom stereocenters. The van der Waals surface area contributed by atoms with E-state index < -0.39 is 5.60 Å². The topological polar surface area (TPSA) is 42.0 Å². The molecule has 0 fully saturated rings. The first-order valence-electron chi connectivity index (χ1n) is 14.4. The van der Waals surface area contributed by atoms with Gasteiger partial charge in [0, 0.05) is 23.2 Å². The van der Waals surface area contributed by atoms with Crippen molar-refractivity contribution < 1.29 is 14.3 Å². The molecule has 2 heterocycles. The number of hydrogen-bond acceptors (Lipinski definition) is 5. The van der Waals surface area contributed by atoms with Crippen molar-refractivity contribution in [3.8, 4) is 11.5 Å². The number of aryl methyl sites for hydroxylation is 3. The van der Waals surface area contributed by atoms with Gasteiger partial charge in [-0.1, -0.05) is 71.8 Å². The molecule has 0 bridgehead atoms. The van der Waals surface area contributed by atoms with Crippen molar-refractivity contribution in [3.05, 3.63) is 148 Å². The largest absolute Gasteiger partial charge is 0.456 e. The molecule has 0 amide bonds. The Morgan fingerprint density at radius 3 is 1.98 bits per heavy atom. The van der Waals surface area contributed by atoms with E-state index in [0.29, 0.717) is 17.1 Å². The number of para-hydroxylation sites is 1. The lowest BCUT2D eigenvalue weighted by Gasteiger charge is -2.41. The molecular weight excluding hydrogens is 520 g/mol. The standard InChI is InChI=1S/C37H32N2O3/c1-5-38(27-18-14-24(2)15-19-27)39(28-20-16-25(3)17-21-28)33-23-32-35(22-26(33)4)41-34-13-9-8-12-31(34)37(32)30-11-7-6-10-29(30)36(40)42-37/h6-23H,5H2,1-4H3. The van der Waals surface area contributed by atoms with Crippen LogP contribution in [0.15, 0.2) is 109 Å². The van der Waals surface area contributed by atoms with Crippen LogP contribution in [0.5, 0.6) is 11.5 Å². The monoisotopic (exact) mass is 552 g/mol. The summed E-state index contributed by atoms with van der Waals surface area (Å²) in [7, 11) is 0. The van der Waals surface area contributed by atoms with E-state index >= 15 is 0 Å². The highest BCUT2D eigenvalue weighted by molar-refractivity contribution is 5.97. The van der Waals surface area contributed by atoms with Gasteiger partial charge in [0.1, 0.15) is 11.5 Å². The van der Waals surface area contributed by atoms with Crippen LogP contribution in [0, 0.1) is 20.8 Å². The molecule has 1 spiro atoms. The van der Waals surface area contributed by atoms with Crippen LogP contribution in [-0.2, 0) is 10.3 Å².